The van der Waals surface area contributed by atoms with Gasteiger partial charge in [-0.05, 0) is 42.4 Å². The number of fused-ring (bicyclic) bond motifs is 4. The van der Waals surface area contributed by atoms with E-state index in [2.05, 4.69) is 47.7 Å². The maximum atomic E-state index is 4.47. The molecule has 110 valence electrons. The van der Waals surface area contributed by atoms with Crippen LogP contribution in [-0.2, 0) is 6.42 Å². The van der Waals surface area contributed by atoms with E-state index in [9.17, 15) is 0 Å². The lowest BCUT2D eigenvalue weighted by molar-refractivity contribution is 0.141. The highest BCUT2D eigenvalue weighted by atomic mass is 15.2. The van der Waals surface area contributed by atoms with Crippen molar-refractivity contribution in [1.29, 1.82) is 0 Å². The molecule has 21 heavy (non-hydrogen) atoms. The number of nitrogens with one attached hydrogen (secondary N) is 1. The first-order valence-corrected chi connectivity index (χ1v) is 8.30. The van der Waals surface area contributed by atoms with E-state index in [-0.39, 0.29) is 0 Å². The summed E-state index contributed by atoms with van der Waals surface area (Å²) >= 11 is 0. The smallest absolute Gasteiger partial charge is 0.0466 e. The van der Waals surface area contributed by atoms with E-state index >= 15 is 0 Å². The van der Waals surface area contributed by atoms with Crippen molar-refractivity contribution in [3.63, 3.8) is 0 Å². The Labute approximate surface area is 126 Å². The van der Waals surface area contributed by atoms with Gasteiger partial charge in [0.25, 0.3) is 0 Å². The second kappa shape index (κ2) is 5.03. The molecule has 1 saturated heterocycles. The minimum Gasteiger partial charge on any atom is -0.355 e. The van der Waals surface area contributed by atoms with Crippen LogP contribution in [0.25, 0.3) is 16.5 Å². The van der Waals surface area contributed by atoms with Gasteiger partial charge in [-0.15, -0.1) is 0 Å². The average molecular weight is 280 g/mol. The molecule has 0 amide bonds. The van der Waals surface area contributed by atoms with E-state index in [1.165, 1.54) is 60.1 Å². The minimum atomic E-state index is 0.544. The van der Waals surface area contributed by atoms with Crippen LogP contribution in [0.3, 0.4) is 0 Å². The predicted octanol–water partition coefficient (Wildman–Crippen LogP) is 4.23. The van der Waals surface area contributed by atoms with E-state index < -0.39 is 0 Å². The van der Waals surface area contributed by atoms with E-state index in [1.807, 2.05) is 0 Å². The second-order valence-corrected chi connectivity index (χ2v) is 6.66. The third-order valence-corrected chi connectivity index (χ3v) is 5.55. The molecule has 0 aliphatic carbocycles. The number of piperidine rings is 1. The Kier molecular flexibility index (Phi) is 3.15. The van der Waals surface area contributed by atoms with Crippen LogP contribution in [0.5, 0.6) is 0 Å². The van der Waals surface area contributed by atoms with Crippen LogP contribution in [0.1, 0.15) is 37.4 Å². The molecule has 1 aromatic heterocycles. The molecule has 0 bridgehead atoms. The third-order valence-electron chi connectivity index (χ3n) is 5.55. The molecule has 2 nitrogen and oxygen atoms in total. The summed E-state index contributed by atoms with van der Waals surface area (Å²) in [6.45, 7) is 9.23. The first-order chi connectivity index (χ1) is 10.3. The average Bonchev–Trinajstić information content (AvgIpc) is 2.84. The van der Waals surface area contributed by atoms with Crippen molar-refractivity contribution in [1.82, 2.24) is 9.88 Å². The fourth-order valence-electron chi connectivity index (χ4n) is 4.26. The monoisotopic (exact) mass is 280 g/mol. The zero-order valence-electron chi connectivity index (χ0n) is 12.9. The van der Waals surface area contributed by atoms with Gasteiger partial charge in [0.05, 0.1) is 0 Å². The summed E-state index contributed by atoms with van der Waals surface area (Å²) in [5, 5.41) is 1.39. The van der Waals surface area contributed by atoms with Gasteiger partial charge in [0, 0.05) is 35.7 Å². The van der Waals surface area contributed by atoms with Gasteiger partial charge in [-0.1, -0.05) is 38.1 Å². The Hall–Kier alpha value is -1.54. The summed E-state index contributed by atoms with van der Waals surface area (Å²) in [7, 11) is 0. The number of nitrogens with zero attached hydrogens (tertiary/aromatic N) is 1. The number of para-hydroxylation sites is 1. The minimum absolute atomic E-state index is 0.544. The van der Waals surface area contributed by atoms with Gasteiger partial charge in [0.15, 0.2) is 0 Å². The lowest BCUT2D eigenvalue weighted by Crippen LogP contribution is -2.43. The Morgan fingerprint density at radius 1 is 1.29 bits per heavy atom. The molecular formula is C19H24N2. The van der Waals surface area contributed by atoms with Crippen LogP contribution in [0, 0.1) is 5.92 Å². The Morgan fingerprint density at radius 3 is 3.00 bits per heavy atom. The fraction of sp³-hybridized carbons (Fsp3) is 0.474. The molecule has 3 heterocycles. The molecule has 2 atom stereocenters. The quantitative estimate of drug-likeness (QED) is 0.828. The molecular weight excluding hydrogens is 256 g/mol. The van der Waals surface area contributed by atoms with Crippen LogP contribution in [0.4, 0.5) is 0 Å². The second-order valence-electron chi connectivity index (χ2n) is 6.66. The number of H-pyrrole nitrogens is 1. The van der Waals surface area contributed by atoms with E-state index in [0.717, 1.165) is 12.3 Å². The lowest BCUT2D eigenvalue weighted by Gasteiger charge is -2.39. The molecule has 0 spiro atoms. The number of benzene rings is 1. The molecule has 0 saturated carbocycles. The Morgan fingerprint density at radius 2 is 2.14 bits per heavy atom. The molecule has 2 heteroatoms. The highest BCUT2D eigenvalue weighted by Crippen LogP contribution is 2.38. The number of aromatic amines is 1. The van der Waals surface area contributed by atoms with Crippen LogP contribution in [-0.4, -0.2) is 29.0 Å². The number of hydrogen-bond acceptors (Lipinski definition) is 1. The molecule has 1 aromatic carbocycles. The summed E-state index contributed by atoms with van der Waals surface area (Å²) in [5.41, 5.74) is 5.38. The molecule has 1 N–H and O–H groups in total. The summed E-state index contributed by atoms with van der Waals surface area (Å²) in [4.78, 5) is 6.32. The highest BCUT2D eigenvalue weighted by molar-refractivity contribution is 5.90. The van der Waals surface area contributed by atoms with Gasteiger partial charge >= 0.3 is 0 Å². The zero-order valence-corrected chi connectivity index (χ0v) is 12.9. The lowest BCUT2D eigenvalue weighted by atomic mass is 9.87. The zero-order chi connectivity index (χ0) is 14.4. The van der Waals surface area contributed by atoms with Crippen molar-refractivity contribution in [2.24, 2.45) is 5.92 Å². The summed E-state index contributed by atoms with van der Waals surface area (Å²) < 4.78 is 0. The first-order valence-electron chi connectivity index (χ1n) is 8.30. The van der Waals surface area contributed by atoms with Crippen LogP contribution in [0.15, 0.2) is 30.8 Å². The van der Waals surface area contributed by atoms with E-state index in [4.69, 9.17) is 0 Å². The van der Waals surface area contributed by atoms with Crippen molar-refractivity contribution < 1.29 is 0 Å². The van der Waals surface area contributed by atoms with E-state index in [1.54, 1.807) is 0 Å². The van der Waals surface area contributed by atoms with Gasteiger partial charge in [-0.3, -0.25) is 4.90 Å². The van der Waals surface area contributed by atoms with Crippen molar-refractivity contribution in [2.75, 3.05) is 13.1 Å². The number of hydrogen-bond donors (Lipinski definition) is 1. The standard InChI is InChI=1S/C19H24N2/c1-3-14-8-9-18-13(2)19-16(10-11-21(18)12-14)15-6-4-5-7-17(15)20-19/h4-7,14,18,20H,2-3,8-12H2,1H3/t14-,18-/m0/s1. The van der Waals surface area contributed by atoms with Crippen molar-refractivity contribution in [3.8, 4) is 0 Å². The molecule has 0 radical (unpaired) electrons. The van der Waals surface area contributed by atoms with Gasteiger partial charge in [-0.2, -0.15) is 0 Å². The third kappa shape index (κ3) is 2.04. The largest absolute Gasteiger partial charge is 0.355 e. The summed E-state index contributed by atoms with van der Waals surface area (Å²) in [6, 6.07) is 9.23. The van der Waals surface area contributed by atoms with Gasteiger partial charge in [0.1, 0.15) is 0 Å². The topological polar surface area (TPSA) is 19.0 Å². The van der Waals surface area contributed by atoms with Crippen LogP contribution in [0.2, 0.25) is 0 Å². The summed E-state index contributed by atoms with van der Waals surface area (Å²) in [5.74, 6) is 0.877. The van der Waals surface area contributed by atoms with Crippen molar-refractivity contribution >= 4 is 16.5 Å². The van der Waals surface area contributed by atoms with Gasteiger partial charge in [0.2, 0.25) is 0 Å². The Balaban J connectivity index is 1.75. The van der Waals surface area contributed by atoms with Crippen molar-refractivity contribution in [3.05, 3.63) is 42.1 Å². The first kappa shape index (κ1) is 13.1. The fourth-order valence-corrected chi connectivity index (χ4v) is 4.26. The SMILES string of the molecule is C=C1c2[nH]c3ccccc3c2CCN2C[C@@H](CC)CC[C@@H]12. The van der Waals surface area contributed by atoms with Gasteiger partial charge < -0.3 is 4.98 Å². The van der Waals surface area contributed by atoms with E-state index in [0.29, 0.717) is 6.04 Å². The molecule has 1 fully saturated rings. The van der Waals surface area contributed by atoms with Crippen LogP contribution < -0.4 is 0 Å². The molecule has 0 unspecified atom stereocenters. The van der Waals surface area contributed by atoms with Crippen LogP contribution >= 0.6 is 0 Å². The highest BCUT2D eigenvalue weighted by Gasteiger charge is 2.33. The molecule has 2 aromatic rings. The normalized spacial score (nSPS) is 26.4. The Bertz CT molecular complexity index is 682. The number of aromatic nitrogens is 1. The molecule has 2 aliphatic heterocycles. The number of rotatable bonds is 1. The maximum absolute atomic E-state index is 4.47. The van der Waals surface area contributed by atoms with Crippen molar-refractivity contribution in [2.45, 2.75) is 38.6 Å². The van der Waals surface area contributed by atoms with Gasteiger partial charge in [-0.25, -0.2) is 0 Å². The summed E-state index contributed by atoms with van der Waals surface area (Å²) in [6.07, 6.45) is 5.08. The molecule has 2 aliphatic rings. The molecule has 4 rings (SSSR count). The maximum Gasteiger partial charge on any atom is 0.0466 e. The predicted molar refractivity (Wildman–Crippen MR) is 89.4 cm³/mol.